The largest absolute Gasteiger partial charge is 0.318 e. The quantitative estimate of drug-likeness (QED) is 0.785. The number of nitrogens with zero attached hydrogens (tertiary/aromatic N) is 2. The van der Waals surface area contributed by atoms with Crippen LogP contribution < -0.4 is 5.32 Å². The molecule has 0 spiro atoms. The first-order valence-electron chi connectivity index (χ1n) is 6.12. The summed E-state index contributed by atoms with van der Waals surface area (Å²) in [5.74, 6) is -1.14. The lowest BCUT2D eigenvalue weighted by Crippen LogP contribution is -2.15. The standard InChI is InChI=1S/C15H9ClFN3O/c16-9-5-6-11(10(17)7-9)20-15(21)14-8-18-12-3-1-2-4-13(12)19-14/h1-8H,(H,20,21). The Morgan fingerprint density at radius 1 is 1.14 bits per heavy atom. The number of aromatic nitrogens is 2. The molecular formula is C15H9ClFN3O. The average Bonchev–Trinajstić information content (AvgIpc) is 2.49. The molecule has 0 fully saturated rings. The van der Waals surface area contributed by atoms with Crippen molar-refractivity contribution in [2.75, 3.05) is 5.32 Å². The predicted molar refractivity (Wildman–Crippen MR) is 78.9 cm³/mol. The number of nitrogens with one attached hydrogen (secondary N) is 1. The van der Waals surface area contributed by atoms with Crippen molar-refractivity contribution in [1.82, 2.24) is 9.97 Å². The molecule has 0 unspecified atom stereocenters. The van der Waals surface area contributed by atoms with Gasteiger partial charge in [0.15, 0.2) is 0 Å². The molecule has 0 aliphatic heterocycles. The van der Waals surface area contributed by atoms with Gasteiger partial charge < -0.3 is 5.32 Å². The Labute approximate surface area is 124 Å². The summed E-state index contributed by atoms with van der Waals surface area (Å²) in [4.78, 5) is 20.4. The van der Waals surface area contributed by atoms with Crippen molar-refractivity contribution in [2.24, 2.45) is 0 Å². The summed E-state index contributed by atoms with van der Waals surface area (Å²) in [7, 11) is 0. The SMILES string of the molecule is O=C(Nc1ccc(Cl)cc1F)c1cnc2ccccc2n1. The second-order valence-electron chi connectivity index (χ2n) is 4.32. The first kappa shape index (κ1) is 13.5. The smallest absolute Gasteiger partial charge is 0.275 e. The maximum absolute atomic E-state index is 13.6. The van der Waals surface area contributed by atoms with Crippen molar-refractivity contribution in [2.45, 2.75) is 0 Å². The van der Waals surface area contributed by atoms with Crippen LogP contribution in [0.3, 0.4) is 0 Å². The Bertz CT molecular complexity index is 838. The Morgan fingerprint density at radius 2 is 1.90 bits per heavy atom. The molecular weight excluding hydrogens is 293 g/mol. The number of carbonyl (C=O) groups is 1. The fourth-order valence-corrected chi connectivity index (χ4v) is 2.00. The molecule has 21 heavy (non-hydrogen) atoms. The van der Waals surface area contributed by atoms with Crippen molar-refractivity contribution >= 4 is 34.2 Å². The van der Waals surface area contributed by atoms with Gasteiger partial charge in [-0.25, -0.2) is 9.37 Å². The Balaban J connectivity index is 1.89. The number of hydrogen-bond acceptors (Lipinski definition) is 3. The lowest BCUT2D eigenvalue weighted by atomic mass is 10.2. The minimum Gasteiger partial charge on any atom is -0.318 e. The van der Waals surface area contributed by atoms with Gasteiger partial charge in [0, 0.05) is 5.02 Å². The summed E-state index contributed by atoms with van der Waals surface area (Å²) in [6, 6.07) is 11.2. The molecule has 4 nitrogen and oxygen atoms in total. The third-order valence-corrected chi connectivity index (χ3v) is 3.10. The van der Waals surface area contributed by atoms with Crippen LogP contribution in [0.5, 0.6) is 0 Å². The van der Waals surface area contributed by atoms with E-state index in [1.54, 1.807) is 18.2 Å². The highest BCUT2D eigenvalue weighted by atomic mass is 35.5. The number of halogens is 2. The number of para-hydroxylation sites is 2. The molecule has 0 atom stereocenters. The summed E-state index contributed by atoms with van der Waals surface area (Å²) in [5, 5.41) is 2.70. The molecule has 3 rings (SSSR count). The van der Waals surface area contributed by atoms with Crippen LogP contribution in [0.1, 0.15) is 10.5 Å². The first-order valence-corrected chi connectivity index (χ1v) is 6.49. The van der Waals surface area contributed by atoms with Crippen LogP contribution in [0.4, 0.5) is 10.1 Å². The van der Waals surface area contributed by atoms with Gasteiger partial charge in [0.05, 0.1) is 22.9 Å². The molecule has 0 bridgehead atoms. The summed E-state index contributed by atoms with van der Waals surface area (Å²) in [6.45, 7) is 0. The maximum atomic E-state index is 13.6. The minimum atomic E-state index is -0.607. The van der Waals surface area contributed by atoms with Crippen LogP contribution in [0.2, 0.25) is 5.02 Å². The summed E-state index contributed by atoms with van der Waals surface area (Å²) in [6.07, 6.45) is 1.35. The monoisotopic (exact) mass is 301 g/mol. The van der Waals surface area contributed by atoms with Gasteiger partial charge in [-0.2, -0.15) is 0 Å². The van der Waals surface area contributed by atoms with E-state index in [9.17, 15) is 9.18 Å². The number of benzene rings is 2. The summed E-state index contributed by atoms with van der Waals surface area (Å²) >= 11 is 5.66. The molecule has 0 aliphatic rings. The lowest BCUT2D eigenvalue weighted by Gasteiger charge is -2.06. The van der Waals surface area contributed by atoms with Crippen molar-refractivity contribution in [3.05, 3.63) is 65.2 Å². The van der Waals surface area contributed by atoms with Crippen LogP contribution in [0.15, 0.2) is 48.7 Å². The second-order valence-corrected chi connectivity index (χ2v) is 4.76. The molecule has 0 saturated carbocycles. The number of carbonyl (C=O) groups excluding carboxylic acids is 1. The maximum Gasteiger partial charge on any atom is 0.275 e. The fraction of sp³-hybridized carbons (Fsp3) is 0. The summed E-state index contributed by atoms with van der Waals surface area (Å²) in [5.41, 5.74) is 1.44. The highest BCUT2D eigenvalue weighted by Gasteiger charge is 2.12. The highest BCUT2D eigenvalue weighted by molar-refractivity contribution is 6.30. The fourth-order valence-electron chi connectivity index (χ4n) is 1.84. The molecule has 0 aliphatic carbocycles. The van der Waals surface area contributed by atoms with E-state index < -0.39 is 11.7 Å². The Morgan fingerprint density at radius 3 is 2.67 bits per heavy atom. The van der Waals surface area contributed by atoms with Gasteiger partial charge >= 0.3 is 0 Å². The van der Waals surface area contributed by atoms with Crippen molar-refractivity contribution in [3.8, 4) is 0 Å². The molecule has 1 N–H and O–H groups in total. The molecule has 3 aromatic rings. The number of amides is 1. The zero-order valence-electron chi connectivity index (χ0n) is 10.7. The molecule has 1 heterocycles. The van der Waals surface area contributed by atoms with E-state index in [1.165, 1.54) is 18.3 Å². The van der Waals surface area contributed by atoms with Crippen LogP contribution in [-0.4, -0.2) is 15.9 Å². The first-order chi connectivity index (χ1) is 10.1. The highest BCUT2D eigenvalue weighted by Crippen LogP contribution is 2.19. The third-order valence-electron chi connectivity index (χ3n) is 2.86. The normalized spacial score (nSPS) is 10.6. The van der Waals surface area contributed by atoms with E-state index in [-0.39, 0.29) is 16.4 Å². The van der Waals surface area contributed by atoms with Crippen molar-refractivity contribution < 1.29 is 9.18 Å². The number of hydrogen-bond donors (Lipinski definition) is 1. The number of anilines is 1. The van der Waals surface area contributed by atoms with Crippen LogP contribution in [0.25, 0.3) is 11.0 Å². The van der Waals surface area contributed by atoms with Gasteiger partial charge in [-0.3, -0.25) is 9.78 Å². The van der Waals surface area contributed by atoms with Crippen LogP contribution >= 0.6 is 11.6 Å². The lowest BCUT2D eigenvalue weighted by molar-refractivity contribution is 0.102. The molecule has 1 amide bonds. The number of fused-ring (bicyclic) bond motifs is 1. The zero-order valence-corrected chi connectivity index (χ0v) is 11.4. The van der Waals surface area contributed by atoms with Crippen LogP contribution in [0, 0.1) is 5.82 Å². The number of rotatable bonds is 2. The zero-order chi connectivity index (χ0) is 14.8. The van der Waals surface area contributed by atoms with E-state index in [1.807, 2.05) is 6.07 Å². The van der Waals surface area contributed by atoms with Gasteiger partial charge in [0.1, 0.15) is 11.5 Å². The van der Waals surface area contributed by atoms with E-state index in [0.717, 1.165) is 6.07 Å². The van der Waals surface area contributed by atoms with Crippen molar-refractivity contribution in [3.63, 3.8) is 0 Å². The van der Waals surface area contributed by atoms with Gasteiger partial charge in [-0.1, -0.05) is 23.7 Å². The second kappa shape index (κ2) is 5.46. The molecule has 104 valence electrons. The van der Waals surface area contributed by atoms with Crippen molar-refractivity contribution in [1.29, 1.82) is 0 Å². The van der Waals surface area contributed by atoms with Gasteiger partial charge in [0.2, 0.25) is 0 Å². The summed E-state index contributed by atoms with van der Waals surface area (Å²) < 4.78 is 13.6. The average molecular weight is 302 g/mol. The Kier molecular flexibility index (Phi) is 3.50. The van der Waals surface area contributed by atoms with Gasteiger partial charge in [-0.05, 0) is 30.3 Å². The van der Waals surface area contributed by atoms with E-state index in [2.05, 4.69) is 15.3 Å². The molecule has 0 radical (unpaired) electrons. The molecule has 6 heteroatoms. The van der Waals surface area contributed by atoms with Crippen LogP contribution in [-0.2, 0) is 0 Å². The molecule has 1 aromatic heterocycles. The molecule has 2 aromatic carbocycles. The minimum absolute atomic E-state index is 0.0411. The van der Waals surface area contributed by atoms with Gasteiger partial charge in [-0.15, -0.1) is 0 Å². The van der Waals surface area contributed by atoms with E-state index >= 15 is 0 Å². The van der Waals surface area contributed by atoms with E-state index in [0.29, 0.717) is 11.0 Å². The molecule has 0 saturated heterocycles. The third kappa shape index (κ3) is 2.83. The van der Waals surface area contributed by atoms with E-state index in [4.69, 9.17) is 11.6 Å². The predicted octanol–water partition coefficient (Wildman–Crippen LogP) is 3.67. The Hall–Kier alpha value is -2.53. The van der Waals surface area contributed by atoms with Gasteiger partial charge in [0.25, 0.3) is 5.91 Å². The topological polar surface area (TPSA) is 54.9 Å².